The minimum Gasteiger partial charge on any atom is -0.383 e. The third-order valence-corrected chi connectivity index (χ3v) is 5.43. The number of morpholine rings is 1. The molecule has 28 heavy (non-hydrogen) atoms. The van der Waals surface area contributed by atoms with Gasteiger partial charge in [0.25, 0.3) is 11.8 Å². The molecule has 1 N–H and O–H groups in total. The van der Waals surface area contributed by atoms with Crippen molar-refractivity contribution in [3.8, 4) is 11.4 Å². The summed E-state index contributed by atoms with van der Waals surface area (Å²) in [6.07, 6.45) is 0.741. The number of alkyl halides is 2. The second kappa shape index (κ2) is 7.21. The fourth-order valence-corrected chi connectivity index (χ4v) is 3.78. The van der Waals surface area contributed by atoms with Crippen molar-refractivity contribution in [3.05, 3.63) is 36.2 Å². The van der Waals surface area contributed by atoms with Crippen molar-refractivity contribution in [3.63, 3.8) is 0 Å². The molecule has 1 saturated carbocycles. The molecule has 2 aromatic rings. The number of hydrogen-bond acceptors (Lipinski definition) is 6. The third-order valence-electron chi connectivity index (χ3n) is 5.43. The first-order valence-electron chi connectivity index (χ1n) is 9.30. The van der Waals surface area contributed by atoms with E-state index in [1.54, 1.807) is 12.1 Å². The van der Waals surface area contributed by atoms with Crippen LogP contribution in [0.1, 0.15) is 37.6 Å². The Kier molecular flexibility index (Phi) is 4.88. The number of aromatic nitrogens is 2. The van der Waals surface area contributed by atoms with Crippen LogP contribution in [0.25, 0.3) is 11.4 Å². The highest BCUT2D eigenvalue weighted by Gasteiger charge is 2.61. The maximum absolute atomic E-state index is 14.9. The van der Waals surface area contributed by atoms with Gasteiger partial charge in [0, 0.05) is 12.1 Å². The molecule has 0 spiro atoms. The second-order valence-electron chi connectivity index (χ2n) is 7.22. The standard InChI is InChI=1S/C19H21F2N3O4/c20-19(21,18(26)8-4-5-9-18)17(25)24-10-11-27-12-14(24)16-22-15(23-28-16)13-6-2-1-3-7-13/h1-3,6-7,14,26H,4-5,8-12H2. The summed E-state index contributed by atoms with van der Waals surface area (Å²) in [4.78, 5) is 18.0. The Morgan fingerprint density at radius 1 is 1.25 bits per heavy atom. The predicted octanol–water partition coefficient (Wildman–Crippen LogP) is 2.58. The lowest BCUT2D eigenvalue weighted by molar-refractivity contribution is -0.207. The molecule has 2 heterocycles. The van der Waals surface area contributed by atoms with Gasteiger partial charge in [0.2, 0.25) is 5.82 Å². The molecule has 2 fully saturated rings. The maximum Gasteiger partial charge on any atom is 0.352 e. The van der Waals surface area contributed by atoms with Crippen molar-refractivity contribution in [2.45, 2.75) is 43.2 Å². The van der Waals surface area contributed by atoms with Crippen molar-refractivity contribution in [2.75, 3.05) is 19.8 Å². The van der Waals surface area contributed by atoms with Gasteiger partial charge in [0.1, 0.15) is 11.6 Å². The monoisotopic (exact) mass is 393 g/mol. The zero-order chi connectivity index (χ0) is 19.8. The van der Waals surface area contributed by atoms with Gasteiger partial charge in [-0.15, -0.1) is 0 Å². The number of hydrogen-bond donors (Lipinski definition) is 1. The van der Waals surface area contributed by atoms with Gasteiger partial charge >= 0.3 is 5.92 Å². The average molecular weight is 393 g/mol. The summed E-state index contributed by atoms with van der Waals surface area (Å²) in [6, 6.07) is 8.12. The van der Waals surface area contributed by atoms with E-state index in [4.69, 9.17) is 9.26 Å². The van der Waals surface area contributed by atoms with Gasteiger partial charge in [-0.25, -0.2) is 0 Å². The van der Waals surface area contributed by atoms with E-state index in [1.165, 1.54) is 0 Å². The molecular formula is C19H21F2N3O4. The van der Waals surface area contributed by atoms with E-state index < -0.39 is 23.5 Å². The van der Waals surface area contributed by atoms with E-state index in [0.29, 0.717) is 24.2 Å². The Morgan fingerprint density at radius 2 is 1.96 bits per heavy atom. The van der Waals surface area contributed by atoms with Gasteiger partial charge in [0.15, 0.2) is 0 Å². The SMILES string of the molecule is O=C(N1CCOCC1c1nc(-c2ccccc2)no1)C(F)(F)C1(O)CCCC1. The molecule has 0 bridgehead atoms. The minimum atomic E-state index is -3.89. The van der Waals surface area contributed by atoms with E-state index in [1.807, 2.05) is 18.2 Å². The van der Waals surface area contributed by atoms with Crippen LogP contribution in [-0.2, 0) is 9.53 Å². The minimum absolute atomic E-state index is 0.0288. The summed E-state index contributed by atoms with van der Waals surface area (Å²) in [7, 11) is 0. The number of aliphatic hydroxyl groups is 1. The average Bonchev–Trinajstić information content (AvgIpc) is 3.38. The highest BCUT2D eigenvalue weighted by atomic mass is 19.3. The molecule has 1 aromatic carbocycles. The first kappa shape index (κ1) is 18.9. The van der Waals surface area contributed by atoms with Gasteiger partial charge < -0.3 is 19.3 Å². The van der Waals surface area contributed by atoms with Crippen LogP contribution in [-0.4, -0.2) is 57.3 Å². The molecule has 7 nitrogen and oxygen atoms in total. The molecule has 2 aliphatic rings. The molecule has 1 saturated heterocycles. The predicted molar refractivity (Wildman–Crippen MR) is 93.4 cm³/mol. The van der Waals surface area contributed by atoms with Crippen LogP contribution in [0.2, 0.25) is 0 Å². The zero-order valence-corrected chi connectivity index (χ0v) is 15.2. The van der Waals surface area contributed by atoms with Crippen molar-refractivity contribution in [2.24, 2.45) is 0 Å². The first-order valence-corrected chi connectivity index (χ1v) is 9.30. The van der Waals surface area contributed by atoms with Crippen LogP contribution in [0.3, 0.4) is 0 Å². The van der Waals surface area contributed by atoms with Crippen LogP contribution in [0.15, 0.2) is 34.9 Å². The van der Waals surface area contributed by atoms with Gasteiger partial charge in [-0.1, -0.05) is 48.3 Å². The summed E-state index contributed by atoms with van der Waals surface area (Å²) in [6.45, 7) is 0.0469. The van der Waals surface area contributed by atoms with Crippen molar-refractivity contribution < 1.29 is 27.9 Å². The number of benzene rings is 1. The molecule has 0 radical (unpaired) electrons. The highest BCUT2D eigenvalue weighted by molar-refractivity contribution is 5.85. The Hall–Kier alpha value is -2.39. The van der Waals surface area contributed by atoms with Crippen molar-refractivity contribution in [1.29, 1.82) is 0 Å². The van der Waals surface area contributed by atoms with E-state index in [0.717, 1.165) is 4.90 Å². The van der Waals surface area contributed by atoms with E-state index in [2.05, 4.69) is 10.1 Å². The summed E-state index contributed by atoms with van der Waals surface area (Å²) in [5.74, 6) is -4.98. The van der Waals surface area contributed by atoms with Crippen molar-refractivity contribution in [1.82, 2.24) is 15.0 Å². The summed E-state index contributed by atoms with van der Waals surface area (Å²) in [5.41, 5.74) is -1.60. The molecule has 9 heteroatoms. The normalized spacial score (nSPS) is 22.4. The van der Waals surface area contributed by atoms with E-state index in [9.17, 15) is 18.7 Å². The second-order valence-corrected chi connectivity index (χ2v) is 7.22. The number of carbonyl (C=O) groups excluding carboxylic acids is 1. The molecule has 1 atom stereocenters. The topological polar surface area (TPSA) is 88.7 Å². The Balaban J connectivity index is 1.60. The lowest BCUT2D eigenvalue weighted by Gasteiger charge is -2.39. The van der Waals surface area contributed by atoms with Crippen LogP contribution >= 0.6 is 0 Å². The number of nitrogens with zero attached hydrogens (tertiary/aromatic N) is 3. The van der Waals surface area contributed by atoms with Gasteiger partial charge in [-0.05, 0) is 12.8 Å². The molecule has 1 amide bonds. The first-order chi connectivity index (χ1) is 13.4. The van der Waals surface area contributed by atoms with Gasteiger partial charge in [0.05, 0.1) is 13.2 Å². The largest absolute Gasteiger partial charge is 0.383 e. The van der Waals surface area contributed by atoms with E-state index in [-0.39, 0.29) is 38.5 Å². The lowest BCUT2D eigenvalue weighted by atomic mass is 9.92. The Labute approximate surface area is 160 Å². The van der Waals surface area contributed by atoms with Crippen LogP contribution < -0.4 is 0 Å². The summed E-state index contributed by atoms with van der Waals surface area (Å²) < 4.78 is 40.4. The molecule has 150 valence electrons. The van der Waals surface area contributed by atoms with Crippen LogP contribution in [0, 0.1) is 0 Å². The number of amides is 1. The lowest BCUT2D eigenvalue weighted by Crippen LogP contribution is -2.59. The maximum atomic E-state index is 14.9. The fraction of sp³-hybridized carbons (Fsp3) is 0.526. The van der Waals surface area contributed by atoms with Crippen LogP contribution in [0.4, 0.5) is 8.78 Å². The Morgan fingerprint density at radius 3 is 2.68 bits per heavy atom. The Bertz CT molecular complexity index is 837. The molecule has 1 unspecified atom stereocenters. The number of ether oxygens (including phenoxy) is 1. The number of rotatable bonds is 4. The molecule has 1 aliphatic heterocycles. The van der Waals surface area contributed by atoms with Gasteiger partial charge in [-0.3, -0.25) is 4.79 Å². The van der Waals surface area contributed by atoms with Gasteiger partial charge in [-0.2, -0.15) is 13.8 Å². The number of halogens is 2. The highest BCUT2D eigenvalue weighted by Crippen LogP contribution is 2.44. The zero-order valence-electron chi connectivity index (χ0n) is 15.2. The smallest absolute Gasteiger partial charge is 0.352 e. The molecule has 1 aliphatic carbocycles. The molecule has 1 aromatic heterocycles. The van der Waals surface area contributed by atoms with Crippen molar-refractivity contribution >= 4 is 5.91 Å². The molecular weight excluding hydrogens is 372 g/mol. The summed E-state index contributed by atoms with van der Waals surface area (Å²) >= 11 is 0. The fourth-order valence-electron chi connectivity index (χ4n) is 3.78. The third kappa shape index (κ3) is 3.18. The van der Waals surface area contributed by atoms with E-state index >= 15 is 0 Å². The quantitative estimate of drug-likeness (QED) is 0.859. The summed E-state index contributed by atoms with van der Waals surface area (Å²) in [5, 5.41) is 14.2. The molecule has 4 rings (SSSR count). The van der Waals surface area contributed by atoms with Crippen LogP contribution in [0.5, 0.6) is 0 Å². The number of carbonyl (C=O) groups is 1.